The minimum Gasteiger partial charge on any atom is -0.481 e. The van der Waals surface area contributed by atoms with Crippen LogP contribution in [0.2, 0.25) is 0 Å². The maximum atomic E-state index is 12.9. The molecule has 0 amide bonds. The highest BCUT2D eigenvalue weighted by Crippen LogP contribution is 2.70. The molecule has 12 aliphatic rings. The van der Waals surface area contributed by atoms with Gasteiger partial charge in [0.2, 0.25) is 0 Å². The number of rotatable bonds is 1. The van der Waals surface area contributed by atoms with Crippen LogP contribution < -0.4 is 0 Å². The monoisotopic (exact) mass is 496 g/mol. The van der Waals surface area contributed by atoms with Crippen molar-refractivity contribution in [2.45, 2.75) is 116 Å². The summed E-state index contributed by atoms with van der Waals surface area (Å²) in [6.07, 6.45) is 22.5. The fourth-order valence-electron chi connectivity index (χ4n) is 14.0. The highest BCUT2D eigenvalue weighted by Gasteiger charge is 2.66. The summed E-state index contributed by atoms with van der Waals surface area (Å²) in [5, 5.41) is 10.6. The second kappa shape index (κ2) is 7.01. The molecule has 2 atom stereocenters. The van der Waals surface area contributed by atoms with Crippen molar-refractivity contribution in [3.63, 3.8) is 0 Å². The van der Waals surface area contributed by atoms with Crippen LogP contribution in [0.3, 0.4) is 0 Å². The molecule has 12 saturated carbocycles. The van der Waals surface area contributed by atoms with E-state index in [0.717, 1.165) is 74.0 Å². The van der Waals surface area contributed by atoms with Gasteiger partial charge in [0.15, 0.2) is 0 Å². The number of hydrogen-bond acceptors (Lipinski definition) is 1. The first-order valence-corrected chi connectivity index (χ1v) is 16.1. The molecule has 2 heteroatoms. The standard InChI is InChI=1S/C35H44O2/c36-30(37)35-19-29-17-33(21-35,3-1-31-11-23-5-24(12-31)7-25(6-23)13-31)20-34(18-29,22-35)4-2-32-14-26-8-27(15-32)10-28(9-26)16-32/h23-29H,5-22H2,(H,36,37). The van der Waals surface area contributed by atoms with Crippen LogP contribution in [0, 0.1) is 92.2 Å². The van der Waals surface area contributed by atoms with E-state index in [2.05, 4.69) is 23.7 Å². The Balaban J connectivity index is 1.08. The van der Waals surface area contributed by atoms with E-state index in [9.17, 15) is 9.90 Å². The molecule has 12 bridgehead atoms. The fraction of sp³-hybridized carbons (Fsp3) is 0.857. The summed E-state index contributed by atoms with van der Waals surface area (Å²) >= 11 is 0. The van der Waals surface area contributed by atoms with Crippen molar-refractivity contribution in [3.05, 3.63) is 0 Å². The van der Waals surface area contributed by atoms with Gasteiger partial charge < -0.3 is 5.11 Å². The Morgan fingerprint density at radius 3 is 1.14 bits per heavy atom. The Hall–Kier alpha value is -1.41. The predicted molar refractivity (Wildman–Crippen MR) is 143 cm³/mol. The number of hydrogen-bond donors (Lipinski definition) is 1. The maximum Gasteiger partial charge on any atom is 0.309 e. The SMILES string of the molecule is O=C(O)C12CC3CC(C#CC45CC6CC(CC(C6)C4)C5)(CC(C#CC45CC6CC(CC(C6)C4)C5)(C3)C1)C2. The van der Waals surface area contributed by atoms with Crippen molar-refractivity contribution in [2.24, 2.45) is 68.5 Å². The molecule has 0 aromatic carbocycles. The van der Waals surface area contributed by atoms with E-state index in [0.29, 0.717) is 5.92 Å². The Kier molecular flexibility index (Phi) is 4.25. The van der Waals surface area contributed by atoms with E-state index in [1.54, 1.807) is 0 Å². The van der Waals surface area contributed by atoms with Gasteiger partial charge >= 0.3 is 5.97 Å². The van der Waals surface area contributed by atoms with Crippen molar-refractivity contribution < 1.29 is 9.90 Å². The molecular weight excluding hydrogens is 452 g/mol. The summed E-state index contributed by atoms with van der Waals surface area (Å²) in [6.45, 7) is 0. The van der Waals surface area contributed by atoms with Crippen molar-refractivity contribution in [1.82, 2.24) is 0 Å². The van der Waals surface area contributed by atoms with Gasteiger partial charge in [-0.15, -0.1) is 0 Å². The van der Waals surface area contributed by atoms with E-state index >= 15 is 0 Å². The van der Waals surface area contributed by atoms with E-state index in [1.165, 1.54) is 77.0 Å². The van der Waals surface area contributed by atoms with Crippen LogP contribution in [0.5, 0.6) is 0 Å². The Morgan fingerprint density at radius 1 is 0.459 bits per heavy atom. The second-order valence-corrected chi connectivity index (χ2v) is 17.1. The van der Waals surface area contributed by atoms with Crippen molar-refractivity contribution in [1.29, 1.82) is 0 Å². The fourth-order valence-corrected chi connectivity index (χ4v) is 14.0. The van der Waals surface area contributed by atoms with Gasteiger partial charge in [0.25, 0.3) is 0 Å². The van der Waals surface area contributed by atoms with Gasteiger partial charge in [0.1, 0.15) is 0 Å². The zero-order chi connectivity index (χ0) is 24.7. The zero-order valence-corrected chi connectivity index (χ0v) is 22.6. The number of carboxylic acid groups (broad SMARTS) is 1. The van der Waals surface area contributed by atoms with Gasteiger partial charge in [0, 0.05) is 21.7 Å². The summed E-state index contributed by atoms with van der Waals surface area (Å²) in [4.78, 5) is 12.9. The molecule has 12 rings (SSSR count). The molecule has 0 aromatic heterocycles. The summed E-state index contributed by atoms with van der Waals surface area (Å²) in [5.41, 5.74) is -0.265. The van der Waals surface area contributed by atoms with Crippen molar-refractivity contribution >= 4 is 5.97 Å². The summed E-state index contributed by atoms with van der Waals surface area (Å²) in [7, 11) is 0. The zero-order valence-electron chi connectivity index (χ0n) is 22.6. The lowest BCUT2D eigenvalue weighted by atomic mass is 9.39. The smallest absolute Gasteiger partial charge is 0.309 e. The molecule has 0 radical (unpaired) electrons. The van der Waals surface area contributed by atoms with Crippen LogP contribution in [0.4, 0.5) is 0 Å². The molecule has 196 valence electrons. The lowest BCUT2D eigenvalue weighted by Gasteiger charge is -2.62. The molecule has 0 aromatic rings. The Bertz CT molecular complexity index is 1030. The Morgan fingerprint density at radius 2 is 0.784 bits per heavy atom. The molecule has 0 saturated heterocycles. The third-order valence-electron chi connectivity index (χ3n) is 13.8. The van der Waals surface area contributed by atoms with E-state index in [1.807, 2.05) is 0 Å². The van der Waals surface area contributed by atoms with Crippen molar-refractivity contribution in [3.8, 4) is 23.7 Å². The number of carbonyl (C=O) groups is 1. The number of aliphatic carboxylic acids is 1. The first-order chi connectivity index (χ1) is 17.7. The van der Waals surface area contributed by atoms with Gasteiger partial charge in [-0.3, -0.25) is 4.79 Å². The first kappa shape index (κ1) is 22.4. The molecule has 0 heterocycles. The molecule has 0 aliphatic heterocycles. The summed E-state index contributed by atoms with van der Waals surface area (Å²) in [6, 6.07) is 0. The topological polar surface area (TPSA) is 37.3 Å². The lowest BCUT2D eigenvalue weighted by Crippen LogP contribution is -2.59. The van der Waals surface area contributed by atoms with Gasteiger partial charge in [-0.05, 0) is 157 Å². The third kappa shape index (κ3) is 3.30. The normalized spacial score (nSPS) is 59.1. The average Bonchev–Trinajstić information content (AvgIpc) is 2.80. The second-order valence-electron chi connectivity index (χ2n) is 17.1. The predicted octanol–water partition coefficient (Wildman–Crippen LogP) is 7.47. The van der Waals surface area contributed by atoms with Gasteiger partial charge in [-0.2, -0.15) is 0 Å². The molecule has 2 nitrogen and oxygen atoms in total. The quantitative estimate of drug-likeness (QED) is 0.382. The van der Waals surface area contributed by atoms with E-state index < -0.39 is 11.4 Å². The molecule has 12 fully saturated rings. The third-order valence-corrected chi connectivity index (χ3v) is 13.8. The highest BCUT2D eigenvalue weighted by molar-refractivity contribution is 5.76. The number of carboxylic acids is 1. The van der Waals surface area contributed by atoms with Crippen LogP contribution in [0.15, 0.2) is 0 Å². The summed E-state index contributed by atoms with van der Waals surface area (Å²) < 4.78 is 0. The van der Waals surface area contributed by atoms with E-state index in [-0.39, 0.29) is 21.7 Å². The summed E-state index contributed by atoms with van der Waals surface area (Å²) in [5.74, 6) is 21.5. The Labute approximate surface area is 223 Å². The average molecular weight is 497 g/mol. The minimum absolute atomic E-state index is 0.0999. The van der Waals surface area contributed by atoms with Crippen LogP contribution in [-0.2, 0) is 4.79 Å². The van der Waals surface area contributed by atoms with Crippen LogP contribution in [0.25, 0.3) is 0 Å². The molecule has 0 spiro atoms. The minimum atomic E-state index is -0.578. The van der Waals surface area contributed by atoms with Gasteiger partial charge in [0.05, 0.1) is 5.41 Å². The van der Waals surface area contributed by atoms with Crippen LogP contribution >= 0.6 is 0 Å². The first-order valence-electron chi connectivity index (χ1n) is 16.1. The lowest BCUT2D eigenvalue weighted by molar-refractivity contribution is -0.175. The van der Waals surface area contributed by atoms with Gasteiger partial charge in [-0.1, -0.05) is 23.7 Å². The molecule has 2 unspecified atom stereocenters. The molecule has 1 N–H and O–H groups in total. The highest BCUT2D eigenvalue weighted by atomic mass is 16.4. The van der Waals surface area contributed by atoms with Crippen molar-refractivity contribution in [2.75, 3.05) is 0 Å². The molecular formula is C35H44O2. The maximum absolute atomic E-state index is 12.9. The van der Waals surface area contributed by atoms with Crippen LogP contribution in [-0.4, -0.2) is 11.1 Å². The molecule has 12 aliphatic carbocycles. The largest absolute Gasteiger partial charge is 0.481 e. The van der Waals surface area contributed by atoms with E-state index in [4.69, 9.17) is 0 Å². The van der Waals surface area contributed by atoms with Crippen LogP contribution in [0.1, 0.15) is 116 Å². The molecule has 37 heavy (non-hydrogen) atoms. The van der Waals surface area contributed by atoms with Gasteiger partial charge in [-0.25, -0.2) is 0 Å².